The third kappa shape index (κ3) is 4.70. The van der Waals surface area contributed by atoms with Gasteiger partial charge in [0.15, 0.2) is 19.4 Å². The second-order valence-corrected chi connectivity index (χ2v) is 5.49. The second-order valence-electron chi connectivity index (χ2n) is 5.49. The van der Waals surface area contributed by atoms with Crippen LogP contribution in [-0.2, 0) is 9.47 Å². The number of hydrogen-bond acceptors (Lipinski definition) is 5. The summed E-state index contributed by atoms with van der Waals surface area (Å²) in [5.74, 6) is 0.752. The number of Topliss-reactive ketones (excluding diaryl/α,β-unsaturated/α-hetero) is 1. The number of carbonyl (C=O) groups excluding carboxylic acids is 1. The minimum Gasteiger partial charge on any atom is -0.466 e. The van der Waals surface area contributed by atoms with E-state index < -0.39 is 0 Å². The van der Waals surface area contributed by atoms with Gasteiger partial charge in [-0.15, -0.1) is 0 Å². The molecular formula is C15H24NO5+. The van der Waals surface area contributed by atoms with Gasteiger partial charge in [0.05, 0.1) is 21.1 Å². The molecule has 0 atom stereocenters. The molecular weight excluding hydrogens is 274 g/mol. The van der Waals surface area contributed by atoms with Crippen molar-refractivity contribution >= 4 is 11.5 Å². The van der Waals surface area contributed by atoms with Gasteiger partial charge >= 0.3 is 0 Å². The number of ether oxygens (including phenoxy) is 4. The van der Waals surface area contributed by atoms with E-state index in [4.69, 9.17) is 18.9 Å². The predicted octanol–water partition coefficient (Wildman–Crippen LogP) is 2.05. The van der Waals surface area contributed by atoms with Gasteiger partial charge in [-0.05, 0) is 6.92 Å². The standard InChI is InChI=1S/C15H24NO5/c1-11(17)15-13(20-9-18-5)7-12(16(2,3)4)8-14(15)21-10-19-6/h7-8H,9-10H2,1-6H3/q+1. The van der Waals surface area contributed by atoms with Crippen LogP contribution in [0.4, 0.5) is 5.69 Å². The predicted molar refractivity (Wildman–Crippen MR) is 81.0 cm³/mol. The van der Waals surface area contributed by atoms with Crippen LogP contribution in [-0.4, -0.2) is 54.7 Å². The molecule has 0 aliphatic rings. The Morgan fingerprint density at radius 3 is 1.71 bits per heavy atom. The highest BCUT2D eigenvalue weighted by atomic mass is 16.7. The fraction of sp³-hybridized carbons (Fsp3) is 0.533. The number of quaternary nitrogens is 1. The number of methoxy groups -OCH3 is 2. The summed E-state index contributed by atoms with van der Waals surface area (Å²) in [5, 5.41) is 0. The molecule has 0 saturated carbocycles. The van der Waals surface area contributed by atoms with Crippen LogP contribution in [0.2, 0.25) is 0 Å². The van der Waals surface area contributed by atoms with Crippen LogP contribution in [0.15, 0.2) is 12.1 Å². The SMILES string of the molecule is COCOc1cc([N+](C)(C)C)cc(OCOC)c1C(C)=O. The molecule has 0 unspecified atom stereocenters. The molecule has 0 N–H and O–H groups in total. The van der Waals surface area contributed by atoms with E-state index in [2.05, 4.69) is 0 Å². The molecule has 0 amide bonds. The van der Waals surface area contributed by atoms with E-state index in [0.29, 0.717) is 21.5 Å². The highest BCUT2D eigenvalue weighted by molar-refractivity contribution is 6.00. The average Bonchev–Trinajstić information content (AvgIpc) is 2.40. The van der Waals surface area contributed by atoms with Crippen molar-refractivity contribution in [2.45, 2.75) is 6.92 Å². The van der Waals surface area contributed by atoms with E-state index in [-0.39, 0.29) is 19.4 Å². The number of rotatable bonds is 8. The lowest BCUT2D eigenvalue weighted by Gasteiger charge is -2.25. The van der Waals surface area contributed by atoms with Crippen molar-refractivity contribution in [3.05, 3.63) is 17.7 Å². The van der Waals surface area contributed by atoms with Gasteiger partial charge < -0.3 is 18.9 Å². The molecule has 21 heavy (non-hydrogen) atoms. The normalized spacial score (nSPS) is 11.3. The topological polar surface area (TPSA) is 54.0 Å². The van der Waals surface area contributed by atoms with Crippen molar-refractivity contribution in [2.75, 3.05) is 48.9 Å². The van der Waals surface area contributed by atoms with Crippen molar-refractivity contribution in [1.29, 1.82) is 0 Å². The Morgan fingerprint density at radius 1 is 1.00 bits per heavy atom. The van der Waals surface area contributed by atoms with Crippen LogP contribution in [0.25, 0.3) is 0 Å². The fourth-order valence-corrected chi connectivity index (χ4v) is 1.78. The van der Waals surface area contributed by atoms with E-state index in [1.807, 2.05) is 33.3 Å². The molecule has 1 rings (SSSR count). The molecule has 0 aliphatic heterocycles. The van der Waals surface area contributed by atoms with Gasteiger partial charge in [0.25, 0.3) is 0 Å². The summed E-state index contributed by atoms with van der Waals surface area (Å²) in [6, 6.07) is 3.66. The van der Waals surface area contributed by atoms with E-state index in [1.165, 1.54) is 21.1 Å². The summed E-state index contributed by atoms with van der Waals surface area (Å²) >= 11 is 0. The molecule has 0 aromatic heterocycles. The maximum Gasteiger partial charge on any atom is 0.188 e. The van der Waals surface area contributed by atoms with Gasteiger partial charge in [0, 0.05) is 26.4 Å². The minimum atomic E-state index is -0.139. The summed E-state index contributed by atoms with van der Waals surface area (Å²) in [6.45, 7) is 1.59. The zero-order valence-corrected chi connectivity index (χ0v) is 13.6. The van der Waals surface area contributed by atoms with Crippen LogP contribution < -0.4 is 14.0 Å². The highest BCUT2D eigenvalue weighted by Gasteiger charge is 2.23. The first kappa shape index (κ1) is 17.4. The van der Waals surface area contributed by atoms with Crippen molar-refractivity contribution < 1.29 is 23.7 Å². The van der Waals surface area contributed by atoms with Crippen LogP contribution in [0, 0.1) is 0 Å². The van der Waals surface area contributed by atoms with Crippen LogP contribution in [0.3, 0.4) is 0 Å². The Hall–Kier alpha value is -1.63. The van der Waals surface area contributed by atoms with Crippen LogP contribution >= 0.6 is 0 Å². The summed E-state index contributed by atoms with van der Waals surface area (Å²) in [7, 11) is 9.10. The second kappa shape index (κ2) is 7.40. The lowest BCUT2D eigenvalue weighted by atomic mass is 10.1. The Morgan fingerprint density at radius 2 is 1.43 bits per heavy atom. The number of nitrogens with zero attached hydrogens (tertiary/aromatic N) is 1. The maximum absolute atomic E-state index is 11.9. The number of benzene rings is 1. The van der Waals surface area contributed by atoms with Crippen molar-refractivity contribution in [1.82, 2.24) is 4.48 Å². The summed E-state index contributed by atoms with van der Waals surface area (Å²) < 4.78 is 21.5. The number of hydrogen-bond donors (Lipinski definition) is 0. The van der Waals surface area contributed by atoms with Crippen LogP contribution in [0.1, 0.15) is 17.3 Å². The van der Waals surface area contributed by atoms with Crippen molar-refractivity contribution in [3.63, 3.8) is 0 Å². The Labute approximate surface area is 125 Å². The van der Waals surface area contributed by atoms with Crippen molar-refractivity contribution in [3.8, 4) is 11.5 Å². The zero-order chi connectivity index (χ0) is 16.0. The van der Waals surface area contributed by atoms with Gasteiger partial charge in [-0.1, -0.05) is 0 Å². The van der Waals surface area contributed by atoms with Gasteiger partial charge in [-0.2, -0.15) is 0 Å². The van der Waals surface area contributed by atoms with Gasteiger partial charge in [-0.25, -0.2) is 0 Å². The number of carbonyl (C=O) groups is 1. The van der Waals surface area contributed by atoms with Gasteiger partial charge in [-0.3, -0.25) is 9.28 Å². The first-order chi connectivity index (χ1) is 9.81. The first-order valence-electron chi connectivity index (χ1n) is 6.55. The molecule has 0 fully saturated rings. The number of ketones is 1. The third-order valence-corrected chi connectivity index (χ3v) is 2.84. The molecule has 0 aliphatic carbocycles. The molecule has 0 heterocycles. The molecule has 0 bridgehead atoms. The molecule has 0 spiro atoms. The van der Waals surface area contributed by atoms with E-state index >= 15 is 0 Å². The van der Waals surface area contributed by atoms with Crippen molar-refractivity contribution in [2.24, 2.45) is 0 Å². The minimum absolute atomic E-state index is 0.0601. The lowest BCUT2D eigenvalue weighted by Crippen LogP contribution is -2.34. The molecule has 0 saturated heterocycles. The fourth-order valence-electron chi connectivity index (χ4n) is 1.78. The maximum atomic E-state index is 11.9. The quantitative estimate of drug-likeness (QED) is 0.418. The monoisotopic (exact) mass is 298 g/mol. The Balaban J connectivity index is 3.38. The molecule has 1 aromatic rings. The largest absolute Gasteiger partial charge is 0.466 e. The van der Waals surface area contributed by atoms with Crippen LogP contribution in [0.5, 0.6) is 11.5 Å². The molecule has 1 aromatic carbocycles. The Bertz CT molecular complexity index is 464. The van der Waals surface area contributed by atoms with E-state index in [0.717, 1.165) is 5.69 Å². The zero-order valence-electron chi connectivity index (χ0n) is 13.6. The molecule has 6 heteroatoms. The highest BCUT2D eigenvalue weighted by Crippen LogP contribution is 2.36. The lowest BCUT2D eigenvalue weighted by molar-refractivity contribution is 0.0444. The summed E-state index contributed by atoms with van der Waals surface area (Å²) in [6.07, 6.45) is 0. The average molecular weight is 298 g/mol. The molecule has 6 nitrogen and oxygen atoms in total. The third-order valence-electron chi connectivity index (χ3n) is 2.84. The molecule has 118 valence electrons. The first-order valence-corrected chi connectivity index (χ1v) is 6.55. The van der Waals surface area contributed by atoms with E-state index in [1.54, 1.807) is 0 Å². The Kier molecular flexibility index (Phi) is 6.14. The molecule has 0 radical (unpaired) electrons. The summed E-state index contributed by atoms with van der Waals surface area (Å²) in [5.41, 5.74) is 1.33. The summed E-state index contributed by atoms with van der Waals surface area (Å²) in [4.78, 5) is 11.9. The van der Waals surface area contributed by atoms with Gasteiger partial charge in [0.2, 0.25) is 0 Å². The smallest absolute Gasteiger partial charge is 0.188 e. The van der Waals surface area contributed by atoms with E-state index in [9.17, 15) is 4.79 Å². The van der Waals surface area contributed by atoms with Gasteiger partial charge in [0.1, 0.15) is 22.7 Å².